The summed E-state index contributed by atoms with van der Waals surface area (Å²) in [4.78, 5) is 34.4. The van der Waals surface area contributed by atoms with Crippen LogP contribution in [0.1, 0.15) is 36.3 Å². The number of carbonyl (C=O) groups excluding carboxylic acids is 2. The molecule has 3 saturated heterocycles. The molecule has 0 saturated carbocycles. The summed E-state index contributed by atoms with van der Waals surface area (Å²) in [7, 11) is 0. The van der Waals surface area contributed by atoms with Crippen molar-refractivity contribution >= 4 is 17.5 Å². The standard InChI is InChI=1S/C24H34F3N5O4/c1-15(2)12-32(19-7-16(9-28-11-19)22(33)31-3-5-35-6-4-31)23(34)21-20(30-18-13-36-14-18)8-17(10-29-21)24(25,26)27/h8,10,15-16,18-19,28,30H,3-7,9,11-14H2,1-2H3/t16-,19+/m1/s1. The maximum absolute atomic E-state index is 13.8. The number of anilines is 1. The number of pyridine rings is 1. The van der Waals surface area contributed by atoms with Crippen molar-refractivity contribution in [3.63, 3.8) is 0 Å². The fourth-order valence-corrected chi connectivity index (χ4v) is 4.75. The number of hydrogen-bond acceptors (Lipinski definition) is 7. The van der Waals surface area contributed by atoms with Gasteiger partial charge in [0.2, 0.25) is 5.91 Å². The molecule has 9 nitrogen and oxygen atoms in total. The molecule has 3 aliphatic heterocycles. The van der Waals surface area contributed by atoms with Gasteiger partial charge in [0.25, 0.3) is 5.91 Å². The van der Waals surface area contributed by atoms with Crippen molar-refractivity contribution in [2.45, 2.75) is 38.5 Å². The lowest BCUT2D eigenvalue weighted by Crippen LogP contribution is -2.56. The summed E-state index contributed by atoms with van der Waals surface area (Å²) in [6.45, 7) is 8.13. The lowest BCUT2D eigenvalue weighted by Gasteiger charge is -2.40. The molecule has 1 aromatic heterocycles. The predicted octanol–water partition coefficient (Wildman–Crippen LogP) is 1.85. The van der Waals surface area contributed by atoms with Crippen LogP contribution in [0.5, 0.6) is 0 Å². The highest BCUT2D eigenvalue weighted by Gasteiger charge is 2.38. The molecule has 0 bridgehead atoms. The first-order chi connectivity index (χ1) is 17.1. The third-order valence-corrected chi connectivity index (χ3v) is 6.68. The van der Waals surface area contributed by atoms with Gasteiger partial charge in [-0.1, -0.05) is 13.8 Å². The SMILES string of the molecule is CC(C)CN(C(=O)c1ncc(C(F)(F)F)cc1NC1COC1)[C@@H]1CNC[C@H](C(=O)N2CCOCC2)C1. The van der Waals surface area contributed by atoms with Crippen molar-refractivity contribution in [2.24, 2.45) is 11.8 Å². The molecule has 200 valence electrons. The van der Waals surface area contributed by atoms with Gasteiger partial charge in [0, 0.05) is 45.0 Å². The average molecular weight is 514 g/mol. The van der Waals surface area contributed by atoms with Crippen molar-refractivity contribution in [3.8, 4) is 0 Å². The summed E-state index contributed by atoms with van der Waals surface area (Å²) >= 11 is 0. The second-order valence-electron chi connectivity index (χ2n) is 10.0. The van der Waals surface area contributed by atoms with Crippen LogP contribution in [0.25, 0.3) is 0 Å². The highest BCUT2D eigenvalue weighted by molar-refractivity contribution is 5.98. The van der Waals surface area contributed by atoms with E-state index >= 15 is 0 Å². The first kappa shape index (κ1) is 26.6. The molecule has 3 fully saturated rings. The Morgan fingerprint density at radius 1 is 1.22 bits per heavy atom. The van der Waals surface area contributed by atoms with Crippen molar-refractivity contribution in [1.29, 1.82) is 0 Å². The molecule has 0 unspecified atom stereocenters. The van der Waals surface area contributed by atoms with Crippen LogP contribution < -0.4 is 10.6 Å². The number of morpholine rings is 1. The van der Waals surface area contributed by atoms with E-state index < -0.39 is 17.6 Å². The Bertz CT molecular complexity index is 935. The molecule has 2 atom stereocenters. The first-order valence-corrected chi connectivity index (χ1v) is 12.4. The van der Waals surface area contributed by atoms with Gasteiger partial charge in [0.15, 0.2) is 5.69 Å². The number of ether oxygens (including phenoxy) is 2. The Hall–Kier alpha value is -2.44. The number of nitrogens with one attached hydrogen (secondary N) is 2. The van der Waals surface area contributed by atoms with Gasteiger partial charge in [-0.3, -0.25) is 9.59 Å². The maximum atomic E-state index is 13.8. The number of piperidine rings is 1. The van der Waals surface area contributed by atoms with Gasteiger partial charge in [0.1, 0.15) is 0 Å². The van der Waals surface area contributed by atoms with Crippen molar-refractivity contribution < 1.29 is 32.2 Å². The van der Waals surface area contributed by atoms with Crippen LogP contribution in [0.3, 0.4) is 0 Å². The average Bonchev–Trinajstić information content (AvgIpc) is 2.83. The molecule has 0 radical (unpaired) electrons. The van der Waals surface area contributed by atoms with E-state index in [0.717, 1.165) is 6.07 Å². The zero-order chi connectivity index (χ0) is 25.9. The largest absolute Gasteiger partial charge is 0.417 e. The lowest BCUT2D eigenvalue weighted by atomic mass is 9.92. The van der Waals surface area contributed by atoms with Gasteiger partial charge < -0.3 is 29.9 Å². The lowest BCUT2D eigenvalue weighted by molar-refractivity contribution is -0.140. The Kier molecular flexibility index (Phi) is 8.36. The van der Waals surface area contributed by atoms with Gasteiger partial charge in [-0.25, -0.2) is 4.98 Å². The van der Waals surface area contributed by atoms with Gasteiger partial charge in [-0.05, 0) is 18.4 Å². The quantitative estimate of drug-likeness (QED) is 0.575. The fourth-order valence-electron chi connectivity index (χ4n) is 4.75. The minimum absolute atomic E-state index is 0.0347. The molecule has 3 aliphatic rings. The van der Waals surface area contributed by atoms with Crippen LogP contribution >= 0.6 is 0 Å². The van der Waals surface area contributed by atoms with Gasteiger partial charge in [-0.15, -0.1) is 0 Å². The number of halogens is 3. The van der Waals surface area contributed by atoms with Gasteiger partial charge in [-0.2, -0.15) is 13.2 Å². The molecule has 4 heterocycles. The van der Waals surface area contributed by atoms with Crippen molar-refractivity contribution in [2.75, 3.05) is 64.5 Å². The molecule has 2 amide bonds. The highest BCUT2D eigenvalue weighted by Crippen LogP contribution is 2.33. The topological polar surface area (TPSA) is 96.0 Å². The summed E-state index contributed by atoms with van der Waals surface area (Å²) in [6, 6.07) is 0.454. The highest BCUT2D eigenvalue weighted by atomic mass is 19.4. The molecule has 0 aliphatic carbocycles. The smallest absolute Gasteiger partial charge is 0.378 e. The molecule has 12 heteroatoms. The van der Waals surface area contributed by atoms with Crippen LogP contribution in [0, 0.1) is 11.8 Å². The third kappa shape index (κ3) is 6.27. The number of aromatic nitrogens is 1. The van der Waals surface area contributed by atoms with E-state index in [0.29, 0.717) is 71.8 Å². The second-order valence-corrected chi connectivity index (χ2v) is 10.0. The van der Waals surface area contributed by atoms with E-state index in [1.54, 1.807) is 9.80 Å². The summed E-state index contributed by atoms with van der Waals surface area (Å²) in [5.74, 6) is -0.608. The normalized spacial score (nSPS) is 23.3. The van der Waals surface area contributed by atoms with Crippen molar-refractivity contribution in [1.82, 2.24) is 20.1 Å². The molecule has 2 N–H and O–H groups in total. The minimum Gasteiger partial charge on any atom is -0.378 e. The maximum Gasteiger partial charge on any atom is 0.417 e. The fraction of sp³-hybridized carbons (Fsp3) is 0.708. The number of hydrogen-bond donors (Lipinski definition) is 2. The van der Waals surface area contributed by atoms with Crippen LogP contribution in [0.2, 0.25) is 0 Å². The van der Waals surface area contributed by atoms with Gasteiger partial charge >= 0.3 is 6.18 Å². The predicted molar refractivity (Wildman–Crippen MR) is 126 cm³/mol. The molecular weight excluding hydrogens is 479 g/mol. The van der Waals surface area contributed by atoms with Crippen LogP contribution in [-0.4, -0.2) is 97.8 Å². The summed E-state index contributed by atoms with van der Waals surface area (Å²) < 4.78 is 50.6. The summed E-state index contributed by atoms with van der Waals surface area (Å²) in [6.07, 6.45) is -3.41. The van der Waals surface area contributed by atoms with E-state index in [1.165, 1.54) is 0 Å². The van der Waals surface area contributed by atoms with E-state index in [9.17, 15) is 22.8 Å². The number of rotatable bonds is 7. The minimum atomic E-state index is -4.58. The Labute approximate surface area is 208 Å². The summed E-state index contributed by atoms with van der Waals surface area (Å²) in [5, 5.41) is 6.28. The Morgan fingerprint density at radius 2 is 1.94 bits per heavy atom. The van der Waals surface area contributed by atoms with Crippen LogP contribution in [0.4, 0.5) is 18.9 Å². The zero-order valence-electron chi connectivity index (χ0n) is 20.6. The number of amides is 2. The number of alkyl halides is 3. The van der Waals surface area contributed by atoms with Crippen LogP contribution in [-0.2, 0) is 20.4 Å². The first-order valence-electron chi connectivity index (χ1n) is 12.4. The third-order valence-electron chi connectivity index (χ3n) is 6.68. The van der Waals surface area contributed by atoms with E-state index in [2.05, 4.69) is 15.6 Å². The molecule has 4 rings (SSSR count). The molecule has 36 heavy (non-hydrogen) atoms. The van der Waals surface area contributed by atoms with E-state index in [-0.39, 0.29) is 41.2 Å². The Morgan fingerprint density at radius 3 is 2.56 bits per heavy atom. The van der Waals surface area contributed by atoms with Crippen molar-refractivity contribution in [3.05, 3.63) is 23.5 Å². The Balaban J connectivity index is 1.57. The zero-order valence-corrected chi connectivity index (χ0v) is 20.6. The van der Waals surface area contributed by atoms with Crippen LogP contribution in [0.15, 0.2) is 12.3 Å². The van der Waals surface area contributed by atoms with Gasteiger partial charge in [0.05, 0.1) is 49.6 Å². The van der Waals surface area contributed by atoms with E-state index in [4.69, 9.17) is 9.47 Å². The monoisotopic (exact) mass is 513 g/mol. The second kappa shape index (κ2) is 11.3. The molecule has 0 spiro atoms. The number of nitrogens with zero attached hydrogens (tertiary/aromatic N) is 3. The molecular formula is C24H34F3N5O4. The molecule has 0 aromatic carbocycles. The molecule has 1 aromatic rings. The van der Waals surface area contributed by atoms with E-state index in [1.807, 2.05) is 13.8 Å². The summed E-state index contributed by atoms with van der Waals surface area (Å²) in [5.41, 5.74) is -0.938. The number of carbonyl (C=O) groups is 2.